The van der Waals surface area contributed by atoms with Crippen LogP contribution in [0.15, 0.2) is 72.8 Å². The second kappa shape index (κ2) is 8.66. The number of amides is 1. The van der Waals surface area contributed by atoms with E-state index in [1.807, 2.05) is 0 Å². The standard InChI is InChI=1S/C21H16N2O6/c1-28-19-5-3-2-4-18(19)20(24)22-15-8-12-17(13-9-15)29-21(25)14-6-10-16(11-7-14)23(26)27/h2-13H,1H3,(H,22,24). The molecule has 3 aromatic carbocycles. The molecule has 0 saturated carbocycles. The van der Waals surface area contributed by atoms with E-state index in [9.17, 15) is 19.7 Å². The summed E-state index contributed by atoms with van der Waals surface area (Å²) in [5.41, 5.74) is 0.973. The number of hydrogen-bond acceptors (Lipinski definition) is 6. The molecule has 0 aliphatic heterocycles. The quantitative estimate of drug-likeness (QED) is 0.293. The molecule has 146 valence electrons. The van der Waals surface area contributed by atoms with E-state index >= 15 is 0 Å². The molecule has 29 heavy (non-hydrogen) atoms. The number of ether oxygens (including phenoxy) is 2. The first-order valence-corrected chi connectivity index (χ1v) is 8.49. The van der Waals surface area contributed by atoms with Crippen LogP contribution < -0.4 is 14.8 Å². The second-order valence-corrected chi connectivity index (χ2v) is 5.87. The highest BCUT2D eigenvalue weighted by molar-refractivity contribution is 6.06. The Morgan fingerprint density at radius 2 is 1.59 bits per heavy atom. The molecule has 1 N–H and O–H groups in total. The molecule has 3 aromatic rings. The van der Waals surface area contributed by atoms with E-state index in [2.05, 4.69) is 5.32 Å². The molecule has 0 aliphatic carbocycles. The van der Waals surface area contributed by atoms with Gasteiger partial charge in [-0.3, -0.25) is 14.9 Å². The van der Waals surface area contributed by atoms with Gasteiger partial charge in [0.15, 0.2) is 0 Å². The number of para-hydroxylation sites is 1. The number of nitrogens with zero attached hydrogens (tertiary/aromatic N) is 1. The summed E-state index contributed by atoms with van der Waals surface area (Å²) in [6, 6.07) is 18.2. The van der Waals surface area contributed by atoms with Crippen LogP contribution in [0, 0.1) is 10.1 Å². The van der Waals surface area contributed by atoms with Crippen molar-refractivity contribution in [2.45, 2.75) is 0 Å². The van der Waals surface area contributed by atoms with Crippen LogP contribution in [0.5, 0.6) is 11.5 Å². The average Bonchev–Trinajstić information content (AvgIpc) is 2.75. The molecule has 0 saturated heterocycles. The molecule has 8 nitrogen and oxygen atoms in total. The Hall–Kier alpha value is -4.20. The number of nitro groups is 1. The Morgan fingerprint density at radius 1 is 0.931 bits per heavy atom. The Morgan fingerprint density at radius 3 is 2.21 bits per heavy atom. The number of carbonyl (C=O) groups excluding carboxylic acids is 2. The fraction of sp³-hybridized carbons (Fsp3) is 0.0476. The third kappa shape index (κ3) is 4.75. The van der Waals surface area contributed by atoms with Crippen LogP contribution in [0.3, 0.4) is 0 Å². The fourth-order valence-corrected chi connectivity index (χ4v) is 2.52. The van der Waals surface area contributed by atoms with Crippen LogP contribution in [-0.2, 0) is 0 Å². The summed E-state index contributed by atoms with van der Waals surface area (Å²) in [5.74, 6) is -0.258. The van der Waals surface area contributed by atoms with Gasteiger partial charge in [0, 0.05) is 17.8 Å². The predicted octanol–water partition coefficient (Wildman–Crippen LogP) is 4.07. The Bertz CT molecular complexity index is 1050. The van der Waals surface area contributed by atoms with Gasteiger partial charge in [-0.05, 0) is 48.5 Å². The fourth-order valence-electron chi connectivity index (χ4n) is 2.52. The van der Waals surface area contributed by atoms with E-state index in [1.54, 1.807) is 36.4 Å². The molecule has 0 bridgehead atoms. The van der Waals surface area contributed by atoms with E-state index in [0.29, 0.717) is 17.0 Å². The number of nitrogens with one attached hydrogen (secondary N) is 1. The summed E-state index contributed by atoms with van der Waals surface area (Å²) >= 11 is 0. The lowest BCUT2D eigenvalue weighted by Gasteiger charge is -2.10. The predicted molar refractivity (Wildman–Crippen MR) is 105 cm³/mol. The van der Waals surface area contributed by atoms with Crippen molar-refractivity contribution < 1.29 is 24.0 Å². The van der Waals surface area contributed by atoms with Crippen LogP contribution >= 0.6 is 0 Å². The summed E-state index contributed by atoms with van der Waals surface area (Å²) < 4.78 is 10.4. The van der Waals surface area contributed by atoms with Crippen molar-refractivity contribution >= 4 is 23.3 Å². The molecule has 3 rings (SSSR count). The summed E-state index contributed by atoms with van der Waals surface area (Å²) in [7, 11) is 1.49. The van der Waals surface area contributed by atoms with Gasteiger partial charge >= 0.3 is 5.97 Å². The van der Waals surface area contributed by atoms with Crippen molar-refractivity contribution in [1.29, 1.82) is 0 Å². The maximum Gasteiger partial charge on any atom is 0.343 e. The number of non-ortho nitro benzene ring substituents is 1. The lowest BCUT2D eigenvalue weighted by atomic mass is 10.2. The van der Waals surface area contributed by atoms with Crippen LogP contribution in [-0.4, -0.2) is 23.9 Å². The Balaban J connectivity index is 1.64. The number of methoxy groups -OCH3 is 1. The molecule has 1 amide bonds. The average molecular weight is 392 g/mol. The Labute approximate surface area is 165 Å². The van der Waals surface area contributed by atoms with E-state index in [1.165, 1.54) is 43.5 Å². The number of nitro benzene ring substituents is 1. The van der Waals surface area contributed by atoms with Crippen molar-refractivity contribution in [3.05, 3.63) is 94.0 Å². The lowest BCUT2D eigenvalue weighted by molar-refractivity contribution is -0.384. The molecular formula is C21H16N2O6. The molecule has 0 spiro atoms. The first-order chi connectivity index (χ1) is 14.0. The van der Waals surface area contributed by atoms with Crippen molar-refractivity contribution in [3.8, 4) is 11.5 Å². The zero-order chi connectivity index (χ0) is 20.8. The first kappa shape index (κ1) is 19.6. The van der Waals surface area contributed by atoms with Gasteiger partial charge in [-0.2, -0.15) is 0 Å². The van der Waals surface area contributed by atoms with Gasteiger partial charge in [-0.1, -0.05) is 12.1 Å². The first-order valence-electron chi connectivity index (χ1n) is 8.49. The highest BCUT2D eigenvalue weighted by Crippen LogP contribution is 2.21. The highest BCUT2D eigenvalue weighted by Gasteiger charge is 2.13. The summed E-state index contributed by atoms with van der Waals surface area (Å²) in [5, 5.41) is 13.4. The minimum Gasteiger partial charge on any atom is -0.496 e. The normalized spacial score (nSPS) is 10.1. The smallest absolute Gasteiger partial charge is 0.343 e. The van der Waals surface area contributed by atoms with Gasteiger partial charge in [0.2, 0.25) is 0 Å². The zero-order valence-electron chi connectivity index (χ0n) is 15.3. The molecule has 0 aromatic heterocycles. The largest absolute Gasteiger partial charge is 0.496 e. The third-order valence-electron chi connectivity index (χ3n) is 3.99. The van der Waals surface area contributed by atoms with E-state index in [-0.39, 0.29) is 22.9 Å². The number of benzene rings is 3. The van der Waals surface area contributed by atoms with Crippen LogP contribution in [0.2, 0.25) is 0 Å². The second-order valence-electron chi connectivity index (χ2n) is 5.87. The molecule has 0 fully saturated rings. The third-order valence-corrected chi connectivity index (χ3v) is 3.99. The molecule has 8 heteroatoms. The van der Waals surface area contributed by atoms with Crippen molar-refractivity contribution in [3.63, 3.8) is 0 Å². The van der Waals surface area contributed by atoms with Gasteiger partial charge in [0.1, 0.15) is 11.5 Å². The lowest BCUT2D eigenvalue weighted by Crippen LogP contribution is -2.13. The SMILES string of the molecule is COc1ccccc1C(=O)Nc1ccc(OC(=O)c2ccc([N+](=O)[O-])cc2)cc1. The molecule has 0 atom stereocenters. The topological polar surface area (TPSA) is 108 Å². The van der Waals surface area contributed by atoms with Gasteiger partial charge in [-0.15, -0.1) is 0 Å². The van der Waals surface area contributed by atoms with Gasteiger partial charge < -0.3 is 14.8 Å². The number of rotatable bonds is 6. The zero-order valence-corrected chi connectivity index (χ0v) is 15.3. The van der Waals surface area contributed by atoms with Crippen LogP contribution in [0.1, 0.15) is 20.7 Å². The van der Waals surface area contributed by atoms with Crippen LogP contribution in [0.25, 0.3) is 0 Å². The molecule has 0 unspecified atom stereocenters. The number of hydrogen-bond donors (Lipinski definition) is 1. The minimum absolute atomic E-state index is 0.114. The van der Waals surface area contributed by atoms with E-state index in [0.717, 1.165) is 0 Å². The molecule has 0 radical (unpaired) electrons. The minimum atomic E-state index is -0.647. The monoisotopic (exact) mass is 392 g/mol. The van der Waals surface area contributed by atoms with Crippen LogP contribution in [0.4, 0.5) is 11.4 Å². The summed E-state index contributed by atoms with van der Waals surface area (Å²) in [6.45, 7) is 0. The van der Waals surface area contributed by atoms with Crippen molar-refractivity contribution in [2.24, 2.45) is 0 Å². The van der Waals surface area contributed by atoms with E-state index in [4.69, 9.17) is 9.47 Å². The maximum absolute atomic E-state index is 12.4. The number of carbonyl (C=O) groups is 2. The van der Waals surface area contributed by atoms with Crippen molar-refractivity contribution in [1.82, 2.24) is 0 Å². The Kier molecular flexibility index (Phi) is 5.84. The van der Waals surface area contributed by atoms with E-state index < -0.39 is 10.9 Å². The number of anilines is 1. The van der Waals surface area contributed by atoms with Crippen molar-refractivity contribution in [2.75, 3.05) is 12.4 Å². The summed E-state index contributed by atoms with van der Waals surface area (Å²) in [6.07, 6.45) is 0. The maximum atomic E-state index is 12.4. The highest BCUT2D eigenvalue weighted by atomic mass is 16.6. The summed E-state index contributed by atoms with van der Waals surface area (Å²) in [4.78, 5) is 34.6. The van der Waals surface area contributed by atoms with Gasteiger partial charge in [0.05, 0.1) is 23.2 Å². The molecular weight excluding hydrogens is 376 g/mol. The van der Waals surface area contributed by atoms with Gasteiger partial charge in [0.25, 0.3) is 11.6 Å². The number of esters is 1. The molecule has 0 aliphatic rings. The molecule has 0 heterocycles. The van der Waals surface area contributed by atoms with Gasteiger partial charge in [-0.25, -0.2) is 4.79 Å².